The average Bonchev–Trinajstić information content (AvgIpc) is 3.40. The Labute approximate surface area is 181 Å². The van der Waals surface area contributed by atoms with Crippen LogP contribution in [0.4, 0.5) is 5.69 Å². The molecule has 8 heteroatoms. The van der Waals surface area contributed by atoms with E-state index in [1.807, 2.05) is 23.9 Å². The molecule has 4 heterocycles. The van der Waals surface area contributed by atoms with Crippen molar-refractivity contribution in [2.45, 2.75) is 38.2 Å². The van der Waals surface area contributed by atoms with Crippen LogP contribution in [0, 0.1) is 0 Å². The molecular formula is C23H27N7O. The fraction of sp³-hybridized carbons (Fsp3) is 0.391. The van der Waals surface area contributed by atoms with Crippen LogP contribution in [0.5, 0.6) is 0 Å². The number of aliphatic hydroxyl groups excluding tert-OH is 1. The number of H-pyrrole nitrogens is 1. The number of hydrogen-bond acceptors (Lipinski definition) is 6. The maximum atomic E-state index is 9.84. The predicted molar refractivity (Wildman–Crippen MR) is 120 cm³/mol. The van der Waals surface area contributed by atoms with E-state index in [-0.39, 0.29) is 6.10 Å². The lowest BCUT2D eigenvalue weighted by Crippen LogP contribution is -2.35. The molecule has 1 aliphatic rings. The summed E-state index contributed by atoms with van der Waals surface area (Å²) < 4.78 is 1.96. The highest BCUT2D eigenvalue weighted by molar-refractivity contribution is 5.96. The van der Waals surface area contributed by atoms with Gasteiger partial charge in [0, 0.05) is 38.3 Å². The average molecular weight is 418 g/mol. The van der Waals surface area contributed by atoms with E-state index in [4.69, 9.17) is 0 Å². The van der Waals surface area contributed by atoms with E-state index < -0.39 is 0 Å². The highest BCUT2D eigenvalue weighted by Crippen LogP contribution is 2.33. The summed E-state index contributed by atoms with van der Waals surface area (Å²) in [5.41, 5.74) is 6.07. The fourth-order valence-corrected chi connectivity index (χ4v) is 4.35. The molecule has 1 unspecified atom stereocenters. The number of aryl methyl sites for hydroxylation is 1. The first kappa shape index (κ1) is 19.7. The predicted octanol–water partition coefficient (Wildman–Crippen LogP) is 3.06. The van der Waals surface area contributed by atoms with Crippen molar-refractivity contribution in [1.29, 1.82) is 0 Å². The van der Waals surface area contributed by atoms with E-state index in [9.17, 15) is 5.11 Å². The molecule has 5 rings (SSSR count). The van der Waals surface area contributed by atoms with Crippen molar-refractivity contribution in [2.75, 3.05) is 18.0 Å². The third-order valence-corrected chi connectivity index (χ3v) is 6.26. The quantitative estimate of drug-likeness (QED) is 0.518. The van der Waals surface area contributed by atoms with Crippen LogP contribution in [-0.4, -0.2) is 54.2 Å². The number of pyridine rings is 1. The van der Waals surface area contributed by atoms with Gasteiger partial charge < -0.3 is 14.6 Å². The normalized spacial score (nSPS) is 16.2. The van der Waals surface area contributed by atoms with Gasteiger partial charge in [-0.3, -0.25) is 10.1 Å². The van der Waals surface area contributed by atoms with Crippen LogP contribution in [0.25, 0.3) is 22.3 Å². The van der Waals surface area contributed by atoms with E-state index in [2.05, 4.69) is 61.5 Å². The van der Waals surface area contributed by atoms with Gasteiger partial charge in [-0.15, -0.1) is 10.2 Å². The lowest BCUT2D eigenvalue weighted by atomic mass is 9.95. The van der Waals surface area contributed by atoms with Crippen molar-refractivity contribution in [3.63, 3.8) is 0 Å². The third-order valence-electron chi connectivity index (χ3n) is 6.26. The molecule has 4 aromatic rings. The molecule has 0 aliphatic carbocycles. The highest BCUT2D eigenvalue weighted by Gasteiger charge is 2.21. The number of rotatable bonds is 5. The fourth-order valence-electron chi connectivity index (χ4n) is 4.35. The van der Waals surface area contributed by atoms with Gasteiger partial charge in [0.05, 0.1) is 11.8 Å². The second kappa shape index (κ2) is 8.11. The Hall–Kier alpha value is -3.26. The minimum Gasteiger partial charge on any atom is -0.393 e. The van der Waals surface area contributed by atoms with Crippen molar-refractivity contribution in [1.82, 2.24) is 29.9 Å². The zero-order chi connectivity index (χ0) is 21.4. The molecule has 0 saturated carbocycles. The van der Waals surface area contributed by atoms with Crippen LogP contribution >= 0.6 is 0 Å². The lowest BCUT2D eigenvalue weighted by molar-refractivity contribution is 0.145. The van der Waals surface area contributed by atoms with Gasteiger partial charge in [0.2, 0.25) is 0 Å². The molecule has 0 bridgehead atoms. The third kappa shape index (κ3) is 3.79. The van der Waals surface area contributed by atoms with Crippen molar-refractivity contribution < 1.29 is 5.11 Å². The maximum Gasteiger partial charge on any atom is 0.133 e. The number of piperidine rings is 1. The van der Waals surface area contributed by atoms with Crippen LogP contribution in [0.1, 0.15) is 37.1 Å². The lowest BCUT2D eigenvalue weighted by Gasteiger charge is -2.31. The Morgan fingerprint density at radius 1 is 1.23 bits per heavy atom. The molecule has 8 nitrogen and oxygen atoms in total. The van der Waals surface area contributed by atoms with E-state index in [0.29, 0.717) is 5.92 Å². The molecule has 1 aliphatic heterocycles. The van der Waals surface area contributed by atoms with Gasteiger partial charge in [-0.05, 0) is 36.5 Å². The van der Waals surface area contributed by atoms with Gasteiger partial charge in [-0.25, -0.2) is 0 Å². The van der Waals surface area contributed by atoms with Gasteiger partial charge in [0.15, 0.2) is 0 Å². The van der Waals surface area contributed by atoms with Crippen LogP contribution in [0.3, 0.4) is 0 Å². The summed E-state index contributed by atoms with van der Waals surface area (Å²) in [4.78, 5) is 6.95. The summed E-state index contributed by atoms with van der Waals surface area (Å²) in [6.07, 6.45) is 5.79. The Bertz CT molecular complexity index is 1190. The molecule has 31 heavy (non-hydrogen) atoms. The Morgan fingerprint density at radius 2 is 2.06 bits per heavy atom. The smallest absolute Gasteiger partial charge is 0.133 e. The minimum absolute atomic E-state index is 0.197. The van der Waals surface area contributed by atoms with Gasteiger partial charge in [-0.1, -0.05) is 25.1 Å². The number of fused-ring (bicyclic) bond motifs is 1. The molecule has 1 atom stereocenters. The number of hydrogen-bond donors (Lipinski definition) is 2. The standard InChI is InChI=1S/C23H27N7O/c1-15(12-20-26-25-14-29(20)2)16-4-3-5-17(13-16)21-23-22(28-27-21)19(6-9-24-23)30-10-7-18(31)8-11-30/h3-6,9,13-15,18,31H,7-8,10-12H2,1-2H3,(H,27,28). The summed E-state index contributed by atoms with van der Waals surface area (Å²) >= 11 is 0. The van der Waals surface area contributed by atoms with E-state index in [1.165, 1.54) is 5.56 Å². The van der Waals surface area contributed by atoms with Gasteiger partial charge in [0.25, 0.3) is 0 Å². The van der Waals surface area contributed by atoms with Crippen molar-refractivity contribution >= 4 is 16.7 Å². The van der Waals surface area contributed by atoms with Crippen molar-refractivity contribution in [3.8, 4) is 11.3 Å². The summed E-state index contributed by atoms with van der Waals surface area (Å²) in [5.74, 6) is 1.28. The van der Waals surface area contributed by atoms with Gasteiger partial charge >= 0.3 is 0 Å². The van der Waals surface area contributed by atoms with Crippen LogP contribution in [0.15, 0.2) is 42.9 Å². The zero-order valence-corrected chi connectivity index (χ0v) is 17.9. The molecule has 1 fully saturated rings. The second-order valence-electron chi connectivity index (χ2n) is 8.43. The number of benzene rings is 1. The van der Waals surface area contributed by atoms with Crippen LogP contribution in [-0.2, 0) is 13.5 Å². The monoisotopic (exact) mass is 417 g/mol. The highest BCUT2D eigenvalue weighted by atomic mass is 16.3. The van der Waals surface area contributed by atoms with E-state index >= 15 is 0 Å². The molecular weight excluding hydrogens is 390 g/mol. The van der Waals surface area contributed by atoms with Gasteiger partial charge in [-0.2, -0.15) is 5.10 Å². The Balaban J connectivity index is 1.45. The molecule has 2 N–H and O–H groups in total. The number of aromatic nitrogens is 6. The first-order chi connectivity index (χ1) is 15.1. The Morgan fingerprint density at radius 3 is 2.84 bits per heavy atom. The van der Waals surface area contributed by atoms with Crippen LogP contribution < -0.4 is 4.90 Å². The molecule has 0 radical (unpaired) electrons. The van der Waals surface area contributed by atoms with Crippen LogP contribution in [0.2, 0.25) is 0 Å². The largest absolute Gasteiger partial charge is 0.393 e. The number of nitrogens with one attached hydrogen (secondary N) is 1. The molecule has 3 aromatic heterocycles. The first-order valence-electron chi connectivity index (χ1n) is 10.8. The number of aliphatic hydroxyl groups is 1. The molecule has 1 aromatic carbocycles. The summed E-state index contributed by atoms with van der Waals surface area (Å²) in [6, 6.07) is 10.5. The maximum absolute atomic E-state index is 9.84. The first-order valence-corrected chi connectivity index (χ1v) is 10.8. The Kier molecular flexibility index (Phi) is 5.15. The van der Waals surface area contributed by atoms with E-state index in [0.717, 1.165) is 66.2 Å². The van der Waals surface area contributed by atoms with Crippen molar-refractivity contribution in [3.05, 3.63) is 54.2 Å². The minimum atomic E-state index is -0.197. The summed E-state index contributed by atoms with van der Waals surface area (Å²) in [7, 11) is 1.97. The van der Waals surface area contributed by atoms with Crippen molar-refractivity contribution in [2.24, 2.45) is 7.05 Å². The number of aromatic amines is 1. The molecule has 0 amide bonds. The number of nitrogens with zero attached hydrogens (tertiary/aromatic N) is 6. The zero-order valence-electron chi connectivity index (χ0n) is 17.9. The second-order valence-corrected chi connectivity index (χ2v) is 8.43. The topological polar surface area (TPSA) is 95.8 Å². The molecule has 0 spiro atoms. The SMILES string of the molecule is CC(Cc1nncn1C)c1cccc(-c2n[nH]c3c(N4CCC(O)CC4)ccnc23)c1. The molecule has 1 saturated heterocycles. The van der Waals surface area contributed by atoms with E-state index in [1.54, 1.807) is 6.33 Å². The number of anilines is 1. The van der Waals surface area contributed by atoms with Gasteiger partial charge in [0.1, 0.15) is 28.9 Å². The molecule has 160 valence electrons. The summed E-state index contributed by atoms with van der Waals surface area (Å²) in [5, 5.41) is 25.9. The summed E-state index contributed by atoms with van der Waals surface area (Å²) in [6.45, 7) is 3.88.